The molecule has 0 aliphatic rings. The Kier molecular flexibility index (Phi) is 5.15. The molecule has 1 aromatic rings. The average Bonchev–Trinajstić information content (AvgIpc) is 2.31. The smallest absolute Gasteiger partial charge is 0.393 e. The van der Waals surface area contributed by atoms with E-state index in [2.05, 4.69) is 15.9 Å². The summed E-state index contributed by atoms with van der Waals surface area (Å²) in [5.74, 6) is -2.74. The van der Waals surface area contributed by atoms with Gasteiger partial charge in [-0.1, -0.05) is 0 Å². The van der Waals surface area contributed by atoms with Gasteiger partial charge in [-0.05, 0) is 34.1 Å². The van der Waals surface area contributed by atoms with Crippen molar-refractivity contribution in [2.75, 3.05) is 7.11 Å². The maximum absolute atomic E-state index is 13.7. The van der Waals surface area contributed by atoms with Gasteiger partial charge in [0, 0.05) is 5.57 Å². The highest BCUT2D eigenvalue weighted by Crippen LogP contribution is 2.34. The van der Waals surface area contributed by atoms with E-state index in [9.17, 15) is 22.4 Å². The largest absolute Gasteiger partial charge is 0.495 e. The van der Waals surface area contributed by atoms with Crippen molar-refractivity contribution in [3.63, 3.8) is 0 Å². The van der Waals surface area contributed by atoms with Crippen LogP contribution in [0.4, 0.5) is 17.6 Å². The first kappa shape index (κ1) is 16.5. The zero-order valence-electron chi connectivity index (χ0n) is 10.1. The SMILES string of the molecule is COc1c(Br)ccc(F)c1/C=C(\CC(F)(F)F)C(=O)O. The molecule has 0 saturated carbocycles. The first-order valence-corrected chi connectivity index (χ1v) is 5.97. The van der Waals surface area contributed by atoms with Gasteiger partial charge in [0.25, 0.3) is 0 Å². The highest BCUT2D eigenvalue weighted by Gasteiger charge is 2.32. The summed E-state index contributed by atoms with van der Waals surface area (Å²) in [6, 6.07) is 2.29. The summed E-state index contributed by atoms with van der Waals surface area (Å²) < 4.78 is 55.7. The second kappa shape index (κ2) is 6.25. The average molecular weight is 357 g/mol. The zero-order valence-corrected chi connectivity index (χ0v) is 11.7. The van der Waals surface area contributed by atoms with Gasteiger partial charge in [-0.25, -0.2) is 9.18 Å². The molecule has 0 aromatic heterocycles. The lowest BCUT2D eigenvalue weighted by Crippen LogP contribution is -2.13. The van der Waals surface area contributed by atoms with E-state index < -0.39 is 30.0 Å². The molecule has 0 aliphatic carbocycles. The summed E-state index contributed by atoms with van der Waals surface area (Å²) >= 11 is 3.04. The molecule has 3 nitrogen and oxygen atoms in total. The van der Waals surface area contributed by atoms with E-state index in [0.29, 0.717) is 10.5 Å². The molecule has 1 rings (SSSR count). The van der Waals surface area contributed by atoms with Crippen molar-refractivity contribution in [1.29, 1.82) is 0 Å². The van der Waals surface area contributed by atoms with Crippen molar-refractivity contribution >= 4 is 28.0 Å². The molecule has 0 saturated heterocycles. The van der Waals surface area contributed by atoms with Gasteiger partial charge in [0.1, 0.15) is 11.6 Å². The number of carbonyl (C=O) groups is 1. The zero-order chi connectivity index (χ0) is 15.5. The lowest BCUT2D eigenvalue weighted by Gasteiger charge is -2.11. The number of alkyl halides is 3. The quantitative estimate of drug-likeness (QED) is 0.654. The molecule has 1 aromatic carbocycles. The van der Waals surface area contributed by atoms with Crippen LogP contribution in [0.1, 0.15) is 12.0 Å². The number of halogens is 5. The van der Waals surface area contributed by atoms with Crippen molar-refractivity contribution in [2.45, 2.75) is 12.6 Å². The third-order valence-electron chi connectivity index (χ3n) is 2.28. The number of hydrogen-bond donors (Lipinski definition) is 1. The minimum absolute atomic E-state index is 0.0778. The maximum atomic E-state index is 13.7. The van der Waals surface area contributed by atoms with E-state index in [1.807, 2.05) is 0 Å². The predicted octanol–water partition coefficient (Wildman–Crippen LogP) is 4.02. The summed E-state index contributed by atoms with van der Waals surface area (Å²) in [5, 5.41) is 8.78. The maximum Gasteiger partial charge on any atom is 0.393 e. The number of carboxylic acids is 1. The van der Waals surface area contributed by atoms with Gasteiger partial charge in [0.2, 0.25) is 0 Å². The van der Waals surface area contributed by atoms with E-state index in [0.717, 1.165) is 6.07 Å². The van der Waals surface area contributed by atoms with Crippen LogP contribution in [0.25, 0.3) is 6.08 Å². The molecular formula is C12H9BrF4O3. The molecule has 0 atom stereocenters. The molecule has 110 valence electrons. The van der Waals surface area contributed by atoms with Crippen molar-refractivity contribution < 1.29 is 32.2 Å². The van der Waals surface area contributed by atoms with Gasteiger partial charge in [-0.3, -0.25) is 0 Å². The Bertz CT molecular complexity index is 552. The Morgan fingerprint density at radius 1 is 1.45 bits per heavy atom. The number of aliphatic carboxylic acids is 1. The molecule has 0 aliphatic heterocycles. The summed E-state index contributed by atoms with van der Waals surface area (Å²) in [6.07, 6.45) is -5.76. The van der Waals surface area contributed by atoms with Crippen LogP contribution in [-0.2, 0) is 4.79 Å². The van der Waals surface area contributed by atoms with E-state index in [1.54, 1.807) is 0 Å². The summed E-state index contributed by atoms with van der Waals surface area (Å²) in [4.78, 5) is 10.8. The van der Waals surface area contributed by atoms with Crippen molar-refractivity contribution in [1.82, 2.24) is 0 Å². The topological polar surface area (TPSA) is 46.5 Å². The van der Waals surface area contributed by atoms with E-state index in [-0.39, 0.29) is 11.3 Å². The van der Waals surface area contributed by atoms with Crippen molar-refractivity contribution in [3.05, 3.63) is 33.6 Å². The number of carboxylic acid groups (broad SMARTS) is 1. The Labute approximate surface area is 120 Å². The lowest BCUT2D eigenvalue weighted by atomic mass is 10.1. The first-order chi connectivity index (χ1) is 9.15. The second-order valence-corrected chi connectivity index (χ2v) is 4.60. The highest BCUT2D eigenvalue weighted by molar-refractivity contribution is 9.10. The third-order valence-corrected chi connectivity index (χ3v) is 2.91. The fourth-order valence-corrected chi connectivity index (χ4v) is 1.98. The normalized spacial score (nSPS) is 12.4. The van der Waals surface area contributed by atoms with Gasteiger partial charge in [0.05, 0.1) is 23.6 Å². The summed E-state index contributed by atoms with van der Waals surface area (Å²) in [5.41, 5.74) is -1.34. The van der Waals surface area contributed by atoms with Crippen LogP contribution < -0.4 is 4.74 Å². The van der Waals surface area contributed by atoms with Gasteiger partial charge in [-0.2, -0.15) is 13.2 Å². The van der Waals surface area contributed by atoms with Crippen LogP contribution in [0.15, 0.2) is 22.2 Å². The van der Waals surface area contributed by atoms with Crippen LogP contribution in [0.3, 0.4) is 0 Å². The Morgan fingerprint density at radius 2 is 2.05 bits per heavy atom. The Morgan fingerprint density at radius 3 is 2.50 bits per heavy atom. The number of benzene rings is 1. The molecule has 0 unspecified atom stereocenters. The standard InChI is InChI=1S/C12H9BrF4O3/c1-20-10-7(9(14)3-2-8(10)13)4-6(11(18)19)5-12(15,16)17/h2-4H,5H2,1H3,(H,18,19)/b6-4+. The molecule has 0 heterocycles. The molecule has 0 amide bonds. The Hall–Kier alpha value is -1.57. The molecule has 0 fully saturated rings. The van der Waals surface area contributed by atoms with E-state index in [4.69, 9.17) is 9.84 Å². The van der Waals surface area contributed by atoms with Crippen molar-refractivity contribution in [2.24, 2.45) is 0 Å². The van der Waals surface area contributed by atoms with E-state index in [1.165, 1.54) is 13.2 Å². The number of hydrogen-bond acceptors (Lipinski definition) is 2. The monoisotopic (exact) mass is 356 g/mol. The number of methoxy groups -OCH3 is 1. The van der Waals surface area contributed by atoms with Gasteiger partial charge < -0.3 is 9.84 Å². The molecule has 0 spiro atoms. The second-order valence-electron chi connectivity index (χ2n) is 3.74. The van der Waals surface area contributed by atoms with Crippen LogP contribution in [0, 0.1) is 5.82 Å². The number of rotatable bonds is 4. The van der Waals surface area contributed by atoms with Crippen molar-refractivity contribution in [3.8, 4) is 5.75 Å². The summed E-state index contributed by atoms with van der Waals surface area (Å²) in [7, 11) is 1.20. The number of ether oxygens (including phenoxy) is 1. The predicted molar refractivity (Wildman–Crippen MR) is 66.9 cm³/mol. The molecule has 0 radical (unpaired) electrons. The Balaban J connectivity index is 3.38. The van der Waals surface area contributed by atoms with Crippen LogP contribution in [-0.4, -0.2) is 24.4 Å². The molecular weight excluding hydrogens is 348 g/mol. The van der Waals surface area contributed by atoms with E-state index >= 15 is 0 Å². The fraction of sp³-hybridized carbons (Fsp3) is 0.250. The molecule has 1 N–H and O–H groups in total. The minimum Gasteiger partial charge on any atom is -0.495 e. The fourth-order valence-electron chi connectivity index (χ4n) is 1.47. The van der Waals surface area contributed by atoms with Gasteiger partial charge in [0.15, 0.2) is 0 Å². The molecule has 20 heavy (non-hydrogen) atoms. The van der Waals surface area contributed by atoms with Crippen LogP contribution in [0.2, 0.25) is 0 Å². The molecule has 0 bridgehead atoms. The molecule has 8 heteroatoms. The highest BCUT2D eigenvalue weighted by atomic mass is 79.9. The minimum atomic E-state index is -4.71. The third kappa shape index (κ3) is 4.22. The van der Waals surface area contributed by atoms with Gasteiger partial charge >= 0.3 is 12.1 Å². The lowest BCUT2D eigenvalue weighted by molar-refractivity contribution is -0.142. The van der Waals surface area contributed by atoms with Crippen LogP contribution in [0.5, 0.6) is 5.75 Å². The van der Waals surface area contributed by atoms with Gasteiger partial charge in [-0.15, -0.1) is 0 Å². The van der Waals surface area contributed by atoms with Crippen LogP contribution >= 0.6 is 15.9 Å². The summed E-state index contributed by atoms with van der Waals surface area (Å²) in [6.45, 7) is 0. The first-order valence-electron chi connectivity index (χ1n) is 5.18.